The van der Waals surface area contributed by atoms with Gasteiger partial charge in [-0.05, 0) is 49.5 Å². The molecule has 0 saturated carbocycles. The lowest BCUT2D eigenvalue weighted by atomic mass is 10.0. The van der Waals surface area contributed by atoms with E-state index < -0.39 is 0 Å². The highest BCUT2D eigenvalue weighted by Crippen LogP contribution is 2.31. The molecule has 0 spiro atoms. The molecule has 1 aromatic heterocycles. The van der Waals surface area contributed by atoms with Crippen LogP contribution in [0.15, 0.2) is 24.3 Å². The third-order valence-electron chi connectivity index (χ3n) is 3.38. The molecule has 0 amide bonds. The molecule has 0 aliphatic heterocycles. The summed E-state index contributed by atoms with van der Waals surface area (Å²) in [5.74, 6) is 0. The second-order valence-electron chi connectivity index (χ2n) is 4.82. The summed E-state index contributed by atoms with van der Waals surface area (Å²) in [6, 6.07) is 9.74. The van der Waals surface area contributed by atoms with Gasteiger partial charge in [-0.1, -0.05) is 23.7 Å². The van der Waals surface area contributed by atoms with Crippen molar-refractivity contribution in [1.29, 1.82) is 5.26 Å². The zero-order chi connectivity index (χ0) is 13.9. The van der Waals surface area contributed by atoms with Gasteiger partial charge in [-0.15, -0.1) is 11.3 Å². The Morgan fingerprint density at radius 2 is 2.00 bits per heavy atom. The Balaban J connectivity index is 1.95. The van der Waals surface area contributed by atoms with Gasteiger partial charge < -0.3 is 0 Å². The molecule has 1 aliphatic carbocycles. The summed E-state index contributed by atoms with van der Waals surface area (Å²) in [6.45, 7) is 0. The number of allylic oxidation sites excluding steroid dienone is 1. The number of aromatic nitrogens is 1. The van der Waals surface area contributed by atoms with Crippen LogP contribution in [0, 0.1) is 11.3 Å². The van der Waals surface area contributed by atoms with Crippen molar-refractivity contribution in [3.05, 3.63) is 50.4 Å². The van der Waals surface area contributed by atoms with Gasteiger partial charge in [0.25, 0.3) is 0 Å². The van der Waals surface area contributed by atoms with Gasteiger partial charge in [0.05, 0.1) is 11.3 Å². The fourth-order valence-corrected chi connectivity index (χ4v) is 3.58. The highest BCUT2D eigenvalue weighted by atomic mass is 35.5. The SMILES string of the molecule is N#CC(=Cc1ccc(Cl)cc1)c1nc2c(s1)CCCC2. The first kappa shape index (κ1) is 13.4. The number of hydrogen-bond donors (Lipinski definition) is 0. The lowest BCUT2D eigenvalue weighted by Crippen LogP contribution is -1.99. The Morgan fingerprint density at radius 1 is 1.25 bits per heavy atom. The predicted molar refractivity (Wildman–Crippen MR) is 83.7 cm³/mol. The van der Waals surface area contributed by atoms with Crippen LogP contribution in [-0.2, 0) is 12.8 Å². The molecule has 1 aromatic carbocycles. The number of benzene rings is 1. The lowest BCUT2D eigenvalue weighted by molar-refractivity contribution is 0.682. The Bertz CT molecular complexity index is 669. The van der Waals surface area contributed by atoms with Crippen molar-refractivity contribution in [2.24, 2.45) is 0 Å². The minimum Gasteiger partial charge on any atom is -0.240 e. The monoisotopic (exact) mass is 300 g/mol. The fourth-order valence-electron chi connectivity index (χ4n) is 2.33. The van der Waals surface area contributed by atoms with Crippen molar-refractivity contribution < 1.29 is 0 Å². The summed E-state index contributed by atoms with van der Waals surface area (Å²) in [5, 5.41) is 10.9. The molecule has 20 heavy (non-hydrogen) atoms. The molecule has 0 saturated heterocycles. The van der Waals surface area contributed by atoms with Gasteiger partial charge in [0.2, 0.25) is 0 Å². The van der Waals surface area contributed by atoms with Crippen LogP contribution in [0.1, 0.15) is 34.0 Å². The van der Waals surface area contributed by atoms with Gasteiger partial charge in [-0.2, -0.15) is 5.26 Å². The normalized spacial score (nSPS) is 14.7. The summed E-state index contributed by atoms with van der Waals surface area (Å²) >= 11 is 7.53. The van der Waals surface area contributed by atoms with E-state index in [1.165, 1.54) is 23.4 Å². The Labute approximate surface area is 127 Å². The number of fused-ring (bicyclic) bond motifs is 1. The van der Waals surface area contributed by atoms with E-state index in [0.29, 0.717) is 10.6 Å². The molecular weight excluding hydrogens is 288 g/mol. The molecule has 0 fully saturated rings. The molecule has 4 heteroatoms. The minimum absolute atomic E-state index is 0.631. The smallest absolute Gasteiger partial charge is 0.134 e. The van der Waals surface area contributed by atoms with Gasteiger partial charge in [0.1, 0.15) is 11.1 Å². The van der Waals surface area contributed by atoms with Crippen LogP contribution in [0.25, 0.3) is 11.6 Å². The number of halogens is 1. The summed E-state index contributed by atoms with van der Waals surface area (Å²) in [4.78, 5) is 5.99. The minimum atomic E-state index is 0.631. The maximum Gasteiger partial charge on any atom is 0.134 e. The molecule has 3 rings (SSSR count). The van der Waals surface area contributed by atoms with Crippen molar-refractivity contribution >= 4 is 34.6 Å². The van der Waals surface area contributed by atoms with Crippen LogP contribution in [-0.4, -0.2) is 4.98 Å². The first-order chi connectivity index (χ1) is 9.76. The third-order valence-corrected chi connectivity index (χ3v) is 4.82. The van der Waals surface area contributed by atoms with Crippen molar-refractivity contribution in [2.45, 2.75) is 25.7 Å². The van der Waals surface area contributed by atoms with Crippen LogP contribution in [0.2, 0.25) is 5.02 Å². The second kappa shape index (κ2) is 5.78. The predicted octanol–water partition coefficient (Wildman–Crippen LogP) is 4.74. The van der Waals surface area contributed by atoms with Crippen molar-refractivity contribution in [3.63, 3.8) is 0 Å². The molecule has 0 atom stereocenters. The van der Waals surface area contributed by atoms with E-state index in [1.807, 2.05) is 30.3 Å². The highest BCUT2D eigenvalue weighted by Gasteiger charge is 2.17. The first-order valence-corrected chi connectivity index (χ1v) is 7.82. The Kier molecular flexibility index (Phi) is 3.86. The van der Waals surface area contributed by atoms with Crippen LogP contribution in [0.4, 0.5) is 0 Å². The number of aryl methyl sites for hydroxylation is 2. The molecule has 2 aromatic rings. The zero-order valence-electron chi connectivity index (χ0n) is 10.9. The highest BCUT2D eigenvalue weighted by molar-refractivity contribution is 7.13. The van der Waals surface area contributed by atoms with Gasteiger partial charge in [0, 0.05) is 9.90 Å². The van der Waals surface area contributed by atoms with Crippen molar-refractivity contribution in [1.82, 2.24) is 4.98 Å². The molecule has 1 aliphatic rings. The number of rotatable bonds is 2. The Hall–Kier alpha value is -1.63. The van der Waals surface area contributed by atoms with E-state index in [4.69, 9.17) is 11.6 Å². The van der Waals surface area contributed by atoms with E-state index in [1.54, 1.807) is 11.3 Å². The third kappa shape index (κ3) is 2.77. The van der Waals surface area contributed by atoms with Crippen molar-refractivity contribution in [2.75, 3.05) is 0 Å². The molecule has 100 valence electrons. The van der Waals surface area contributed by atoms with Crippen LogP contribution in [0.3, 0.4) is 0 Å². The summed E-state index contributed by atoms with van der Waals surface area (Å²) < 4.78 is 0. The van der Waals surface area contributed by atoms with Crippen LogP contribution < -0.4 is 0 Å². The molecule has 2 nitrogen and oxygen atoms in total. The molecule has 1 heterocycles. The molecule has 0 bridgehead atoms. The summed E-state index contributed by atoms with van der Waals surface area (Å²) in [6.07, 6.45) is 6.47. The molecule has 0 unspecified atom stereocenters. The van der Waals surface area contributed by atoms with Gasteiger partial charge in [-0.25, -0.2) is 4.98 Å². The Morgan fingerprint density at radius 3 is 2.70 bits per heavy atom. The largest absolute Gasteiger partial charge is 0.240 e. The maximum absolute atomic E-state index is 9.38. The molecule has 0 radical (unpaired) electrons. The zero-order valence-corrected chi connectivity index (χ0v) is 12.5. The summed E-state index contributed by atoms with van der Waals surface area (Å²) in [5.41, 5.74) is 2.79. The fraction of sp³-hybridized carbons (Fsp3) is 0.250. The van der Waals surface area contributed by atoms with Crippen LogP contribution in [0.5, 0.6) is 0 Å². The summed E-state index contributed by atoms with van der Waals surface area (Å²) in [7, 11) is 0. The number of hydrogen-bond acceptors (Lipinski definition) is 3. The van der Waals surface area contributed by atoms with Gasteiger partial charge >= 0.3 is 0 Å². The quantitative estimate of drug-likeness (QED) is 0.751. The number of thiazole rings is 1. The first-order valence-electron chi connectivity index (χ1n) is 6.62. The van der Waals surface area contributed by atoms with Gasteiger partial charge in [0.15, 0.2) is 0 Å². The maximum atomic E-state index is 9.38. The average molecular weight is 301 g/mol. The standard InChI is InChI=1S/C16H13ClN2S/c17-13-7-5-11(6-8-13)9-12(10-18)16-19-14-3-1-2-4-15(14)20-16/h5-9H,1-4H2. The number of nitrogens with zero attached hydrogens (tertiary/aromatic N) is 2. The van der Waals surface area contributed by atoms with E-state index in [0.717, 1.165) is 23.4 Å². The van der Waals surface area contributed by atoms with E-state index in [2.05, 4.69) is 11.1 Å². The average Bonchev–Trinajstić information content (AvgIpc) is 2.90. The lowest BCUT2D eigenvalue weighted by Gasteiger charge is -2.06. The molecular formula is C16H13ClN2S. The van der Waals surface area contributed by atoms with Crippen LogP contribution >= 0.6 is 22.9 Å². The topological polar surface area (TPSA) is 36.7 Å². The number of nitriles is 1. The second-order valence-corrected chi connectivity index (χ2v) is 6.34. The molecule has 0 N–H and O–H groups in total. The van der Waals surface area contributed by atoms with E-state index in [9.17, 15) is 5.26 Å². The van der Waals surface area contributed by atoms with Crippen molar-refractivity contribution in [3.8, 4) is 6.07 Å². The van der Waals surface area contributed by atoms with E-state index >= 15 is 0 Å². The van der Waals surface area contributed by atoms with Gasteiger partial charge in [-0.3, -0.25) is 0 Å². The van der Waals surface area contributed by atoms with E-state index in [-0.39, 0.29) is 0 Å².